The standard InChI is InChI=1S/C13H14NO/c1-11-7-6-10-13(15-11)14(2)12-8-4-3-5-9-12/h3-10H,1-2H3/q+1. The first-order valence-corrected chi connectivity index (χ1v) is 4.96. The highest BCUT2D eigenvalue weighted by Crippen LogP contribution is 2.05. The van der Waals surface area contributed by atoms with Gasteiger partial charge < -0.3 is 4.42 Å². The molecule has 0 spiro atoms. The fraction of sp³-hybridized carbons (Fsp3) is 0.154. The lowest BCUT2D eigenvalue weighted by Gasteiger charge is -1.95. The van der Waals surface area contributed by atoms with Crippen molar-refractivity contribution in [2.24, 2.45) is 0 Å². The first-order chi connectivity index (χ1) is 7.27. The Morgan fingerprint density at radius 1 is 0.933 bits per heavy atom. The summed E-state index contributed by atoms with van der Waals surface area (Å²) in [4.78, 5) is 0. The van der Waals surface area contributed by atoms with Gasteiger partial charge in [-0.15, -0.1) is 0 Å². The molecule has 2 heteroatoms. The topological polar surface area (TPSA) is 16.1 Å². The van der Waals surface area contributed by atoms with Crippen molar-refractivity contribution < 1.29 is 4.42 Å². The van der Waals surface area contributed by atoms with Crippen LogP contribution in [0.4, 0.5) is 5.69 Å². The van der Waals surface area contributed by atoms with Gasteiger partial charge >= 0.3 is 5.55 Å². The predicted octanol–water partition coefficient (Wildman–Crippen LogP) is 2.32. The van der Waals surface area contributed by atoms with E-state index in [2.05, 4.69) is 12.1 Å². The van der Waals surface area contributed by atoms with Gasteiger partial charge in [0.1, 0.15) is 12.8 Å². The van der Waals surface area contributed by atoms with E-state index in [0.29, 0.717) is 0 Å². The summed E-state index contributed by atoms with van der Waals surface area (Å²) in [5, 5.41) is 0. The van der Waals surface area contributed by atoms with Gasteiger partial charge in [0.15, 0.2) is 0 Å². The molecule has 1 aromatic heterocycles. The average molecular weight is 200 g/mol. The van der Waals surface area contributed by atoms with E-state index in [1.165, 1.54) is 0 Å². The van der Waals surface area contributed by atoms with Crippen LogP contribution in [-0.2, 0) is 0 Å². The highest BCUT2D eigenvalue weighted by Gasteiger charge is 2.04. The third-order valence-corrected chi connectivity index (χ3v) is 2.31. The number of para-hydroxylation sites is 1. The maximum Gasteiger partial charge on any atom is 0.373 e. The van der Waals surface area contributed by atoms with Crippen LogP contribution in [0, 0.1) is 6.92 Å². The molecular weight excluding hydrogens is 186 g/mol. The van der Waals surface area contributed by atoms with Gasteiger partial charge in [0, 0.05) is 12.1 Å². The molecule has 2 nitrogen and oxygen atoms in total. The Balaban J connectivity index is 2.60. The molecule has 2 aromatic rings. The molecular formula is C13H14NO+. The molecule has 0 fully saturated rings. The lowest BCUT2D eigenvalue weighted by Crippen LogP contribution is -2.20. The molecule has 0 atom stereocenters. The van der Waals surface area contributed by atoms with Gasteiger partial charge in [0.2, 0.25) is 5.69 Å². The van der Waals surface area contributed by atoms with Gasteiger partial charge in [-0.25, -0.2) is 0 Å². The highest BCUT2D eigenvalue weighted by atomic mass is 16.3. The van der Waals surface area contributed by atoms with Crippen molar-refractivity contribution in [2.45, 2.75) is 6.92 Å². The number of rotatable bonds is 1. The zero-order chi connectivity index (χ0) is 10.7. The van der Waals surface area contributed by atoms with E-state index in [1.807, 2.05) is 54.9 Å². The quantitative estimate of drug-likeness (QED) is 0.645. The molecule has 0 aliphatic rings. The SMILES string of the molecule is Cc1cccc(=[N+](C)c2ccccc2)o1. The molecule has 1 heterocycles. The van der Waals surface area contributed by atoms with Crippen molar-refractivity contribution in [3.63, 3.8) is 0 Å². The maximum absolute atomic E-state index is 5.62. The van der Waals surface area contributed by atoms with Crippen LogP contribution in [0.15, 0.2) is 52.9 Å². The van der Waals surface area contributed by atoms with E-state index in [9.17, 15) is 0 Å². The zero-order valence-electron chi connectivity index (χ0n) is 8.97. The first-order valence-electron chi connectivity index (χ1n) is 4.96. The summed E-state index contributed by atoms with van der Waals surface area (Å²) < 4.78 is 7.64. The van der Waals surface area contributed by atoms with Crippen LogP contribution in [0.2, 0.25) is 0 Å². The van der Waals surface area contributed by atoms with Crippen molar-refractivity contribution in [1.29, 1.82) is 0 Å². The number of aryl methyl sites for hydroxylation is 1. The minimum Gasteiger partial charge on any atom is -0.410 e. The lowest BCUT2D eigenvalue weighted by atomic mass is 10.3. The summed E-state index contributed by atoms with van der Waals surface area (Å²) in [6, 6.07) is 16.0. The van der Waals surface area contributed by atoms with Gasteiger partial charge in [-0.3, -0.25) is 0 Å². The number of nitrogens with zero attached hydrogens (tertiary/aromatic N) is 1. The summed E-state index contributed by atoms with van der Waals surface area (Å²) in [5.41, 5.74) is 1.97. The highest BCUT2D eigenvalue weighted by molar-refractivity contribution is 5.36. The third kappa shape index (κ3) is 2.15. The third-order valence-electron chi connectivity index (χ3n) is 2.31. The molecule has 76 valence electrons. The van der Waals surface area contributed by atoms with Crippen molar-refractivity contribution in [2.75, 3.05) is 7.05 Å². The van der Waals surface area contributed by atoms with Gasteiger partial charge in [-0.2, -0.15) is 4.58 Å². The minimum atomic E-state index is 0.848. The van der Waals surface area contributed by atoms with Crippen LogP contribution in [0.25, 0.3) is 0 Å². The second-order valence-electron chi connectivity index (χ2n) is 3.47. The second kappa shape index (κ2) is 4.13. The molecule has 1 aromatic carbocycles. The van der Waals surface area contributed by atoms with E-state index in [4.69, 9.17) is 4.42 Å². The first kappa shape index (κ1) is 9.71. The molecule has 0 aliphatic carbocycles. The van der Waals surface area contributed by atoms with Gasteiger partial charge in [-0.1, -0.05) is 18.2 Å². The Labute approximate surface area is 89.1 Å². The average Bonchev–Trinajstić information content (AvgIpc) is 2.29. The van der Waals surface area contributed by atoms with Gasteiger partial charge in [0.25, 0.3) is 0 Å². The normalized spacial score (nSPS) is 12.4. The van der Waals surface area contributed by atoms with E-state index in [1.54, 1.807) is 0 Å². The second-order valence-corrected chi connectivity index (χ2v) is 3.47. The van der Waals surface area contributed by atoms with E-state index >= 15 is 0 Å². The van der Waals surface area contributed by atoms with Crippen molar-refractivity contribution in [3.8, 4) is 0 Å². The summed E-state index contributed by atoms with van der Waals surface area (Å²) in [6.07, 6.45) is 0. The molecule has 2 rings (SSSR count). The number of hydrogen-bond donors (Lipinski definition) is 0. The molecule has 0 amide bonds. The van der Waals surface area contributed by atoms with Crippen LogP contribution >= 0.6 is 0 Å². The number of hydrogen-bond acceptors (Lipinski definition) is 1. The molecule has 0 N–H and O–H groups in total. The Kier molecular flexibility index (Phi) is 2.68. The predicted molar refractivity (Wildman–Crippen MR) is 60.7 cm³/mol. The van der Waals surface area contributed by atoms with Crippen molar-refractivity contribution in [3.05, 3.63) is 59.8 Å². The molecule has 0 aliphatic heterocycles. The molecule has 0 unspecified atom stereocenters. The Morgan fingerprint density at radius 3 is 2.33 bits per heavy atom. The van der Waals surface area contributed by atoms with E-state index in [-0.39, 0.29) is 0 Å². The summed E-state index contributed by atoms with van der Waals surface area (Å²) in [5.74, 6) is 0.912. The molecule has 0 saturated carbocycles. The van der Waals surface area contributed by atoms with Crippen LogP contribution in [0.5, 0.6) is 0 Å². The van der Waals surface area contributed by atoms with Crippen LogP contribution in [-0.4, -0.2) is 7.05 Å². The van der Waals surface area contributed by atoms with E-state index in [0.717, 1.165) is 17.0 Å². The van der Waals surface area contributed by atoms with Gasteiger partial charge in [-0.05, 0) is 19.1 Å². The van der Waals surface area contributed by atoms with Gasteiger partial charge in [0.05, 0.1) is 6.07 Å². The van der Waals surface area contributed by atoms with Crippen LogP contribution < -0.4 is 10.1 Å². The molecule has 15 heavy (non-hydrogen) atoms. The largest absolute Gasteiger partial charge is 0.410 e. The molecule has 0 radical (unpaired) electrons. The molecule has 0 bridgehead atoms. The van der Waals surface area contributed by atoms with E-state index < -0.39 is 0 Å². The summed E-state index contributed by atoms with van der Waals surface area (Å²) in [6.45, 7) is 1.95. The Morgan fingerprint density at radius 2 is 1.67 bits per heavy atom. The Hall–Kier alpha value is -1.83. The summed E-state index contributed by atoms with van der Waals surface area (Å²) in [7, 11) is 1.99. The zero-order valence-corrected chi connectivity index (χ0v) is 8.97. The monoisotopic (exact) mass is 200 g/mol. The smallest absolute Gasteiger partial charge is 0.373 e. The molecule has 0 saturated heterocycles. The fourth-order valence-electron chi connectivity index (χ4n) is 1.46. The number of benzene rings is 1. The summed E-state index contributed by atoms with van der Waals surface area (Å²) >= 11 is 0. The van der Waals surface area contributed by atoms with Crippen LogP contribution in [0.3, 0.4) is 0 Å². The fourth-order valence-corrected chi connectivity index (χ4v) is 1.46. The van der Waals surface area contributed by atoms with Crippen LogP contribution in [0.1, 0.15) is 5.76 Å². The minimum absolute atomic E-state index is 0.848. The van der Waals surface area contributed by atoms with Crippen molar-refractivity contribution in [1.82, 2.24) is 4.58 Å². The lowest BCUT2D eigenvalue weighted by molar-refractivity contribution is 0.440. The van der Waals surface area contributed by atoms with Crippen molar-refractivity contribution >= 4 is 5.69 Å². The Bertz CT molecular complexity index is 511. The maximum atomic E-state index is 5.62.